The van der Waals surface area contributed by atoms with Crippen molar-refractivity contribution in [3.8, 4) is 50.9 Å². The summed E-state index contributed by atoms with van der Waals surface area (Å²) in [4.78, 5) is 5.07. The Kier molecular flexibility index (Phi) is 6.08. The molecule has 0 radical (unpaired) electrons. The molecule has 60 heavy (non-hydrogen) atoms. The number of fused-ring (bicyclic) bond motifs is 5. The van der Waals surface area contributed by atoms with Crippen LogP contribution in [-0.2, 0) is 10.8 Å². The zero-order valence-corrected chi connectivity index (χ0v) is 33.5. The normalized spacial score (nSPS) is 16.5. The van der Waals surface area contributed by atoms with Gasteiger partial charge in [0.25, 0.3) is 6.33 Å². The van der Waals surface area contributed by atoms with Crippen LogP contribution in [0.25, 0.3) is 72.3 Å². The van der Waals surface area contributed by atoms with Gasteiger partial charge in [0.05, 0.1) is 47.1 Å². The molecule has 11 rings (SSSR count). The average molecular weight is 787 g/mol. The van der Waals surface area contributed by atoms with Crippen molar-refractivity contribution in [2.24, 2.45) is 0 Å². The minimum absolute atomic E-state index is 0.0153. The van der Waals surface area contributed by atoms with Gasteiger partial charge in [-0.05, 0) is 93.1 Å². The van der Waals surface area contributed by atoms with Gasteiger partial charge in [-0.2, -0.15) is 0 Å². The first-order valence-corrected chi connectivity index (χ1v) is 19.9. The molecular weight excluding hydrogens is 733 g/mol. The maximum Gasteiger partial charge on any atom is 0.269 e. The van der Waals surface area contributed by atoms with Gasteiger partial charge in [-0.25, -0.2) is 4.98 Å². The van der Waals surface area contributed by atoms with Gasteiger partial charge in [0, 0.05) is 23.0 Å². The van der Waals surface area contributed by atoms with Crippen LogP contribution in [-0.4, -0.2) is 14.1 Å². The molecule has 0 atom stereocenters. The van der Waals surface area contributed by atoms with Crippen molar-refractivity contribution in [1.29, 1.82) is 0 Å². The van der Waals surface area contributed by atoms with E-state index in [0.717, 1.165) is 34.0 Å². The summed E-state index contributed by atoms with van der Waals surface area (Å²) in [6.07, 6.45) is 6.52. The molecule has 1 aliphatic rings. The highest BCUT2D eigenvalue weighted by atomic mass is 16.5. The molecule has 1 aliphatic carbocycles. The molecule has 0 fully saturated rings. The largest absolute Gasteiger partial charge is 0.458 e. The third-order valence-corrected chi connectivity index (χ3v) is 11.8. The summed E-state index contributed by atoms with van der Waals surface area (Å²) in [5, 5.41) is 2.16. The number of imidazole rings is 1. The molecule has 0 saturated carbocycles. The monoisotopic (exact) mass is 786 g/mol. The van der Waals surface area contributed by atoms with Crippen molar-refractivity contribution < 1.29 is 23.0 Å². The van der Waals surface area contributed by atoms with Crippen molar-refractivity contribution in [2.75, 3.05) is 0 Å². The highest BCUT2D eigenvalue weighted by molar-refractivity contribution is 6.09. The Morgan fingerprint density at radius 1 is 0.617 bits per heavy atom. The predicted octanol–water partition coefficient (Wildman–Crippen LogP) is 13.3. The van der Waals surface area contributed by atoms with Crippen molar-refractivity contribution in [3.63, 3.8) is 0 Å². The van der Waals surface area contributed by atoms with Crippen LogP contribution in [0, 0.1) is 6.33 Å². The summed E-state index contributed by atoms with van der Waals surface area (Å²) in [5.74, 6) is 1.96. The lowest BCUT2D eigenvalue weighted by atomic mass is 9.82. The van der Waals surface area contributed by atoms with Crippen LogP contribution in [0.3, 0.4) is 0 Å². The molecule has 10 aromatic rings. The Morgan fingerprint density at radius 3 is 2.00 bits per heavy atom. The maximum absolute atomic E-state index is 9.01. The van der Waals surface area contributed by atoms with Gasteiger partial charge < -0.3 is 4.74 Å². The van der Waals surface area contributed by atoms with Gasteiger partial charge in [0.2, 0.25) is 0 Å². The van der Waals surface area contributed by atoms with E-state index in [9.17, 15) is 0 Å². The van der Waals surface area contributed by atoms with Crippen molar-refractivity contribution in [2.45, 2.75) is 44.9 Å². The molecule has 3 aromatic heterocycles. The van der Waals surface area contributed by atoms with Crippen molar-refractivity contribution in [1.82, 2.24) is 14.1 Å². The Bertz CT molecular complexity index is 3730. The molecule has 5 nitrogen and oxygen atoms in total. The van der Waals surface area contributed by atoms with Gasteiger partial charge in [-0.15, -0.1) is 0 Å². The first-order valence-electron chi connectivity index (χ1n) is 24.9. The van der Waals surface area contributed by atoms with E-state index in [4.69, 9.17) is 23.4 Å². The average Bonchev–Trinajstić information content (AvgIpc) is 3.95. The van der Waals surface area contributed by atoms with Crippen LogP contribution in [0.15, 0.2) is 182 Å². The molecule has 0 spiro atoms. The zero-order valence-electron chi connectivity index (χ0n) is 43.5. The van der Waals surface area contributed by atoms with Crippen LogP contribution in [0.5, 0.6) is 11.5 Å². The molecule has 0 bridgehead atoms. The van der Waals surface area contributed by atoms with Gasteiger partial charge >= 0.3 is 0 Å². The lowest BCUT2D eigenvalue weighted by Crippen LogP contribution is -2.31. The quantitative estimate of drug-likeness (QED) is 0.119. The number of nitrogens with zero attached hydrogens (tertiary/aromatic N) is 4. The topological polar surface area (TPSA) is 35.9 Å². The number of rotatable bonds is 7. The van der Waals surface area contributed by atoms with E-state index in [1.807, 2.05) is 79.0 Å². The predicted molar refractivity (Wildman–Crippen MR) is 244 cm³/mol. The molecule has 5 heteroatoms. The summed E-state index contributed by atoms with van der Waals surface area (Å²) >= 11 is 0. The summed E-state index contributed by atoms with van der Waals surface area (Å²) in [7, 11) is 0. The minimum atomic E-state index is -0.563. The summed E-state index contributed by atoms with van der Waals surface area (Å²) in [6.45, 7) is 9.17. The minimum Gasteiger partial charge on any atom is -0.458 e. The number of benzene rings is 7. The Morgan fingerprint density at radius 2 is 1.25 bits per heavy atom. The molecule has 290 valence electrons. The van der Waals surface area contributed by atoms with Crippen LogP contribution in [0.4, 0.5) is 0 Å². The molecule has 0 N–H and O–H groups in total. The Hall–Kier alpha value is -7.24. The second-order valence-electron chi connectivity index (χ2n) is 16.6. The fourth-order valence-corrected chi connectivity index (χ4v) is 9.42. The van der Waals surface area contributed by atoms with Gasteiger partial charge in [0.15, 0.2) is 0 Å². The van der Waals surface area contributed by atoms with Gasteiger partial charge in [0.1, 0.15) is 17.3 Å². The van der Waals surface area contributed by atoms with Gasteiger partial charge in [-0.3, -0.25) is 13.7 Å². The van der Waals surface area contributed by atoms with Crippen LogP contribution in [0.1, 0.15) is 59.0 Å². The van der Waals surface area contributed by atoms with Crippen LogP contribution >= 0.6 is 0 Å². The number of ether oxygens (including phenoxy) is 1. The second-order valence-corrected chi connectivity index (χ2v) is 16.6. The molecule has 0 unspecified atom stereocenters. The van der Waals surface area contributed by atoms with Crippen molar-refractivity contribution in [3.05, 3.63) is 199 Å². The second kappa shape index (κ2) is 13.7. The lowest BCUT2D eigenvalue weighted by molar-refractivity contribution is -0.571. The number of aromatic nitrogens is 4. The van der Waals surface area contributed by atoms with E-state index in [1.165, 1.54) is 11.1 Å². The van der Waals surface area contributed by atoms with Crippen LogP contribution < -0.4 is 9.30 Å². The standard InChI is InChI=1S/C55H44N4O/c1-54(2)35-55(3,4)47-34-56-52(33-46(47)54)59-48-26-12-11-23-44(48)45-30-29-41(32-51(45)59)60-40-22-15-21-39(31-40)57-36-58(50-28-14-13-27-49(50)57)53-42(37-17-7-5-8-18-37)24-16-25-43(53)38-19-9-6-10-20-38/h5-34H,35H2,1-4H3/i5D,6D,7D,8D,9D,10D,17D,18D,19D,20D. The molecule has 0 saturated heterocycles. The Labute approximate surface area is 364 Å². The highest BCUT2D eigenvalue weighted by Crippen LogP contribution is 2.49. The molecule has 0 aliphatic heterocycles. The lowest BCUT2D eigenvalue weighted by Gasteiger charge is -2.22. The number of para-hydroxylation sites is 4. The number of hydrogen-bond donors (Lipinski definition) is 0. The smallest absolute Gasteiger partial charge is 0.269 e. The molecule has 7 aromatic carbocycles. The van der Waals surface area contributed by atoms with E-state index in [-0.39, 0.29) is 38.8 Å². The van der Waals surface area contributed by atoms with E-state index >= 15 is 0 Å². The van der Waals surface area contributed by atoms with E-state index in [2.05, 4.69) is 62.9 Å². The summed E-state index contributed by atoms with van der Waals surface area (Å²) in [6, 6.07) is 31.1. The fourth-order valence-electron chi connectivity index (χ4n) is 9.42. The van der Waals surface area contributed by atoms with Crippen molar-refractivity contribution >= 4 is 32.8 Å². The third-order valence-electron chi connectivity index (χ3n) is 11.8. The molecule has 0 amide bonds. The van der Waals surface area contributed by atoms with Crippen LogP contribution in [0.2, 0.25) is 0 Å². The van der Waals surface area contributed by atoms with E-state index in [0.29, 0.717) is 28.2 Å². The third kappa shape index (κ3) is 5.84. The SMILES string of the molecule is [2H]c1c([2H])c([2H])c(-c2cccc(-c3c([2H])c([2H])c([2H])c([2H])c3[2H])c2-[n+]2[c-]n(-c3cccc(Oc4ccc5c6ccccc6n(-c6cc7c(cn6)C(C)(C)CC7(C)C)c5c4)c3)c3ccccc32)c([2H])c1[2H]. The zero-order chi connectivity index (χ0) is 49.3. The van der Waals surface area contributed by atoms with E-state index < -0.39 is 60.4 Å². The maximum atomic E-state index is 9.01. The fraction of sp³-hybridized carbons (Fsp3) is 0.127. The van der Waals surface area contributed by atoms with Gasteiger partial charge in [-0.1, -0.05) is 155 Å². The number of pyridine rings is 1. The molecular formula is C55H44N4O. The first-order chi connectivity index (χ1) is 33.4. The molecule has 3 heterocycles. The van der Waals surface area contributed by atoms with E-state index in [1.54, 1.807) is 27.3 Å². The number of hydrogen-bond acceptors (Lipinski definition) is 2. The summed E-state index contributed by atoms with van der Waals surface area (Å²) < 4.78 is 99.3. The highest BCUT2D eigenvalue weighted by Gasteiger charge is 2.42. The Balaban J connectivity index is 1.07. The summed E-state index contributed by atoms with van der Waals surface area (Å²) in [5.41, 5.74) is 6.67. The first kappa shape index (κ1) is 26.7.